The van der Waals surface area contributed by atoms with Crippen LogP contribution in [0.2, 0.25) is 0 Å². The highest BCUT2D eigenvalue weighted by molar-refractivity contribution is 9.10. The lowest BCUT2D eigenvalue weighted by Crippen LogP contribution is -2.13. The summed E-state index contributed by atoms with van der Waals surface area (Å²) in [5.74, 6) is -0.160. The summed E-state index contributed by atoms with van der Waals surface area (Å²) in [4.78, 5) is 0. The molecule has 1 fully saturated rings. The summed E-state index contributed by atoms with van der Waals surface area (Å²) >= 11 is 3.43. The van der Waals surface area contributed by atoms with Crippen LogP contribution < -0.4 is 5.32 Å². The zero-order valence-corrected chi connectivity index (χ0v) is 8.77. The Morgan fingerprint density at radius 1 is 1.46 bits per heavy atom. The molecule has 1 N–H and O–H groups in total. The normalized spacial score (nSPS) is 22.2. The lowest BCUT2D eigenvalue weighted by atomic mass is 10.1. The van der Waals surface area contributed by atoms with Crippen molar-refractivity contribution in [3.63, 3.8) is 0 Å². The van der Waals surface area contributed by atoms with Gasteiger partial charge >= 0.3 is 0 Å². The van der Waals surface area contributed by atoms with Crippen molar-refractivity contribution in [3.05, 3.63) is 34.1 Å². The van der Waals surface area contributed by atoms with Crippen molar-refractivity contribution in [2.75, 3.05) is 6.54 Å². The van der Waals surface area contributed by atoms with Gasteiger partial charge in [-0.2, -0.15) is 0 Å². The third kappa shape index (κ3) is 1.92. The van der Waals surface area contributed by atoms with Crippen LogP contribution in [0.15, 0.2) is 22.7 Å². The summed E-state index contributed by atoms with van der Waals surface area (Å²) in [5, 5.41) is 3.34. The van der Waals surface area contributed by atoms with E-state index in [1.807, 2.05) is 0 Å². The molecule has 3 heteroatoms. The Kier molecular flexibility index (Phi) is 2.65. The predicted octanol–water partition coefficient (Wildman–Crippen LogP) is 3.01. The van der Waals surface area contributed by atoms with Crippen molar-refractivity contribution in [2.24, 2.45) is 0 Å². The third-order valence-electron chi connectivity index (χ3n) is 2.39. The molecule has 1 atom stereocenters. The smallest absolute Gasteiger partial charge is 0.123 e. The molecule has 1 aromatic carbocycles. The van der Waals surface area contributed by atoms with Crippen LogP contribution in [0.3, 0.4) is 0 Å². The van der Waals surface area contributed by atoms with E-state index in [-0.39, 0.29) is 5.82 Å². The van der Waals surface area contributed by atoms with Crippen molar-refractivity contribution in [1.29, 1.82) is 0 Å². The van der Waals surface area contributed by atoms with Gasteiger partial charge in [-0.3, -0.25) is 0 Å². The van der Waals surface area contributed by atoms with Gasteiger partial charge in [0.15, 0.2) is 0 Å². The van der Waals surface area contributed by atoms with Crippen LogP contribution in [0.1, 0.15) is 24.4 Å². The fourth-order valence-electron chi connectivity index (χ4n) is 1.73. The Morgan fingerprint density at radius 2 is 2.31 bits per heavy atom. The quantitative estimate of drug-likeness (QED) is 0.800. The van der Waals surface area contributed by atoms with Gasteiger partial charge in [-0.1, -0.05) is 15.9 Å². The summed E-state index contributed by atoms with van der Waals surface area (Å²) in [6.07, 6.45) is 2.27. The van der Waals surface area contributed by atoms with E-state index in [4.69, 9.17) is 0 Å². The lowest BCUT2D eigenvalue weighted by molar-refractivity contribution is 0.605. The largest absolute Gasteiger partial charge is 0.310 e. The summed E-state index contributed by atoms with van der Waals surface area (Å²) in [6, 6.07) is 5.17. The first-order chi connectivity index (χ1) is 6.27. The first kappa shape index (κ1) is 9.16. The molecule has 0 unspecified atom stereocenters. The van der Waals surface area contributed by atoms with Gasteiger partial charge in [-0.15, -0.1) is 0 Å². The minimum Gasteiger partial charge on any atom is -0.310 e. The molecule has 0 amide bonds. The first-order valence-corrected chi connectivity index (χ1v) is 5.25. The second-order valence-corrected chi connectivity index (χ2v) is 4.17. The predicted molar refractivity (Wildman–Crippen MR) is 54.1 cm³/mol. The van der Waals surface area contributed by atoms with Crippen molar-refractivity contribution >= 4 is 15.9 Å². The molecule has 1 heterocycles. The Balaban J connectivity index is 2.32. The lowest BCUT2D eigenvalue weighted by Gasteiger charge is -2.12. The van der Waals surface area contributed by atoms with E-state index >= 15 is 0 Å². The summed E-state index contributed by atoms with van der Waals surface area (Å²) < 4.78 is 13.9. The van der Waals surface area contributed by atoms with Gasteiger partial charge in [0.1, 0.15) is 5.82 Å². The molecule has 1 aliphatic heterocycles. The molecule has 70 valence electrons. The molecule has 1 nitrogen and oxygen atoms in total. The van der Waals surface area contributed by atoms with E-state index in [2.05, 4.69) is 21.2 Å². The van der Waals surface area contributed by atoms with Gasteiger partial charge in [0, 0.05) is 10.5 Å². The molecule has 0 spiro atoms. The number of hydrogen-bond acceptors (Lipinski definition) is 1. The van der Waals surface area contributed by atoms with Gasteiger partial charge in [0.25, 0.3) is 0 Å². The average molecular weight is 244 g/mol. The molecule has 1 saturated heterocycles. The zero-order valence-electron chi connectivity index (χ0n) is 7.19. The number of nitrogens with one attached hydrogen (secondary N) is 1. The molecule has 1 aliphatic rings. The van der Waals surface area contributed by atoms with E-state index in [9.17, 15) is 4.39 Å². The van der Waals surface area contributed by atoms with E-state index in [0.717, 1.165) is 23.0 Å². The van der Waals surface area contributed by atoms with Gasteiger partial charge < -0.3 is 5.32 Å². The summed E-state index contributed by atoms with van der Waals surface area (Å²) in [6.45, 7) is 1.04. The zero-order chi connectivity index (χ0) is 9.26. The second-order valence-electron chi connectivity index (χ2n) is 3.31. The summed E-state index contributed by atoms with van der Waals surface area (Å²) in [5.41, 5.74) is 1.04. The van der Waals surface area contributed by atoms with Crippen LogP contribution in [-0.2, 0) is 0 Å². The Hall–Kier alpha value is -0.410. The van der Waals surface area contributed by atoms with Gasteiger partial charge in [-0.25, -0.2) is 4.39 Å². The monoisotopic (exact) mass is 243 g/mol. The Bertz CT molecular complexity index is 308. The van der Waals surface area contributed by atoms with Crippen LogP contribution in [0.25, 0.3) is 0 Å². The molecule has 0 aliphatic carbocycles. The maximum Gasteiger partial charge on any atom is 0.123 e. The van der Waals surface area contributed by atoms with E-state index < -0.39 is 0 Å². The molecule has 2 rings (SSSR count). The second kappa shape index (κ2) is 3.76. The highest BCUT2D eigenvalue weighted by Gasteiger charge is 2.18. The molecule has 0 radical (unpaired) electrons. The van der Waals surface area contributed by atoms with Crippen LogP contribution in [-0.4, -0.2) is 6.54 Å². The van der Waals surface area contributed by atoms with E-state index in [1.165, 1.54) is 12.5 Å². The highest BCUT2D eigenvalue weighted by Crippen LogP contribution is 2.29. The van der Waals surface area contributed by atoms with Gasteiger partial charge in [0.05, 0.1) is 0 Å². The minimum atomic E-state index is -0.160. The third-order valence-corrected chi connectivity index (χ3v) is 3.12. The van der Waals surface area contributed by atoms with Gasteiger partial charge in [-0.05, 0) is 43.1 Å². The van der Waals surface area contributed by atoms with Crippen LogP contribution in [0.4, 0.5) is 4.39 Å². The van der Waals surface area contributed by atoms with Crippen molar-refractivity contribution in [3.8, 4) is 0 Å². The van der Waals surface area contributed by atoms with Crippen molar-refractivity contribution < 1.29 is 4.39 Å². The minimum absolute atomic E-state index is 0.160. The highest BCUT2D eigenvalue weighted by atomic mass is 79.9. The van der Waals surface area contributed by atoms with Crippen molar-refractivity contribution in [1.82, 2.24) is 5.32 Å². The molecule has 1 aromatic rings. The topological polar surface area (TPSA) is 12.0 Å². The summed E-state index contributed by atoms with van der Waals surface area (Å²) in [7, 11) is 0. The van der Waals surface area contributed by atoms with E-state index in [0.29, 0.717) is 6.04 Å². The fraction of sp³-hybridized carbons (Fsp3) is 0.400. The van der Waals surface area contributed by atoms with Crippen LogP contribution >= 0.6 is 15.9 Å². The SMILES string of the molecule is Fc1ccc(Br)c([C@H]2CCCN2)c1. The average Bonchev–Trinajstić information content (AvgIpc) is 2.61. The first-order valence-electron chi connectivity index (χ1n) is 4.46. The fourth-order valence-corrected chi connectivity index (χ4v) is 2.25. The number of rotatable bonds is 1. The molecular formula is C10H11BrFN. The Labute approximate surface area is 85.5 Å². The molecule has 0 bridgehead atoms. The van der Waals surface area contributed by atoms with Crippen LogP contribution in [0.5, 0.6) is 0 Å². The Morgan fingerprint density at radius 3 is 3.00 bits per heavy atom. The standard InChI is InChI=1S/C10H11BrFN/c11-9-4-3-7(12)6-8(9)10-2-1-5-13-10/h3-4,6,10,13H,1-2,5H2/t10-/m1/s1. The van der Waals surface area contributed by atoms with Crippen molar-refractivity contribution in [2.45, 2.75) is 18.9 Å². The number of halogens is 2. The maximum absolute atomic E-state index is 13.0. The molecular weight excluding hydrogens is 233 g/mol. The molecule has 13 heavy (non-hydrogen) atoms. The maximum atomic E-state index is 13.0. The number of benzene rings is 1. The molecule has 0 saturated carbocycles. The number of hydrogen-bond donors (Lipinski definition) is 1. The van der Waals surface area contributed by atoms with Crippen LogP contribution in [0, 0.1) is 5.82 Å². The van der Waals surface area contributed by atoms with E-state index in [1.54, 1.807) is 12.1 Å². The molecule has 0 aromatic heterocycles. The van der Waals surface area contributed by atoms with Gasteiger partial charge in [0.2, 0.25) is 0 Å².